The lowest BCUT2D eigenvalue weighted by molar-refractivity contribution is -0.138. The highest BCUT2D eigenvalue weighted by molar-refractivity contribution is 5.91. The number of piperidine rings is 1. The molecule has 5 heteroatoms. The Labute approximate surface area is 137 Å². The lowest BCUT2D eigenvalue weighted by Crippen LogP contribution is -2.45. The summed E-state index contributed by atoms with van der Waals surface area (Å²) in [5.74, 6) is 0.475. The van der Waals surface area contributed by atoms with Gasteiger partial charge >= 0.3 is 6.03 Å². The van der Waals surface area contributed by atoms with Crippen molar-refractivity contribution in [3.63, 3.8) is 0 Å². The molecule has 1 N–H and O–H groups in total. The molecule has 0 spiro atoms. The van der Waals surface area contributed by atoms with E-state index >= 15 is 0 Å². The first-order valence-corrected chi connectivity index (χ1v) is 8.39. The monoisotopic (exact) mass is 315 g/mol. The summed E-state index contributed by atoms with van der Waals surface area (Å²) in [4.78, 5) is 28.6. The summed E-state index contributed by atoms with van der Waals surface area (Å²) in [5, 5.41) is 3.05. The van der Waals surface area contributed by atoms with E-state index in [0.29, 0.717) is 19.0 Å². The first kappa shape index (κ1) is 15.8. The van der Waals surface area contributed by atoms with Gasteiger partial charge in [0, 0.05) is 31.9 Å². The highest BCUT2D eigenvalue weighted by Gasteiger charge is 2.40. The smallest absolute Gasteiger partial charge is 0.321 e. The third-order valence-corrected chi connectivity index (χ3v) is 5.08. The average molecular weight is 315 g/mol. The van der Waals surface area contributed by atoms with E-state index in [0.717, 1.165) is 24.1 Å². The molecule has 1 aromatic carbocycles. The van der Waals surface area contributed by atoms with E-state index in [-0.39, 0.29) is 23.9 Å². The van der Waals surface area contributed by atoms with Crippen LogP contribution < -0.4 is 5.32 Å². The number of rotatable bonds is 2. The second-order valence-electron chi connectivity index (χ2n) is 6.95. The molecule has 0 aromatic heterocycles. The van der Waals surface area contributed by atoms with Crippen molar-refractivity contribution in [2.75, 3.05) is 25.5 Å². The normalized spacial score (nSPS) is 24.1. The van der Waals surface area contributed by atoms with Gasteiger partial charge in [-0.1, -0.05) is 32.0 Å². The zero-order valence-electron chi connectivity index (χ0n) is 14.1. The Bertz CT molecular complexity index is 614. The van der Waals surface area contributed by atoms with Crippen molar-refractivity contribution in [1.29, 1.82) is 0 Å². The largest absolute Gasteiger partial charge is 0.341 e. The molecule has 0 aliphatic carbocycles. The molecule has 5 nitrogen and oxygen atoms in total. The number of hydrogen-bond donors (Lipinski definition) is 1. The van der Waals surface area contributed by atoms with Crippen molar-refractivity contribution in [2.45, 2.75) is 38.6 Å². The summed E-state index contributed by atoms with van der Waals surface area (Å²) >= 11 is 0. The van der Waals surface area contributed by atoms with Gasteiger partial charge in [0.2, 0.25) is 5.91 Å². The quantitative estimate of drug-likeness (QED) is 0.912. The summed E-state index contributed by atoms with van der Waals surface area (Å²) in [6, 6.07) is 7.96. The van der Waals surface area contributed by atoms with Crippen LogP contribution in [0.15, 0.2) is 24.3 Å². The fraction of sp³-hybridized carbons (Fsp3) is 0.556. The van der Waals surface area contributed by atoms with Crippen LogP contribution in [0.4, 0.5) is 10.5 Å². The Morgan fingerprint density at radius 3 is 2.70 bits per heavy atom. The maximum absolute atomic E-state index is 12.7. The van der Waals surface area contributed by atoms with Crippen LogP contribution in [0.3, 0.4) is 0 Å². The van der Waals surface area contributed by atoms with Gasteiger partial charge in [0.05, 0.1) is 5.92 Å². The summed E-state index contributed by atoms with van der Waals surface area (Å²) in [6.07, 6.45) is 1.87. The second kappa shape index (κ2) is 6.22. The topological polar surface area (TPSA) is 52.7 Å². The van der Waals surface area contributed by atoms with Crippen LogP contribution in [0.2, 0.25) is 0 Å². The Morgan fingerprint density at radius 2 is 1.96 bits per heavy atom. The molecule has 2 atom stereocenters. The first-order valence-electron chi connectivity index (χ1n) is 8.39. The minimum atomic E-state index is -0.0990. The van der Waals surface area contributed by atoms with E-state index in [1.54, 1.807) is 4.90 Å². The minimum Gasteiger partial charge on any atom is -0.341 e. The molecular formula is C18H25N3O2. The van der Waals surface area contributed by atoms with Gasteiger partial charge in [-0.25, -0.2) is 4.79 Å². The van der Waals surface area contributed by atoms with Gasteiger partial charge in [0.25, 0.3) is 0 Å². The molecule has 3 heterocycles. The molecule has 124 valence electrons. The Kier molecular flexibility index (Phi) is 4.28. The molecule has 0 radical (unpaired) electrons. The molecule has 3 fully saturated rings. The summed E-state index contributed by atoms with van der Waals surface area (Å²) < 4.78 is 0. The van der Waals surface area contributed by atoms with Gasteiger partial charge in [-0.15, -0.1) is 0 Å². The number of carbonyl (C=O) groups is 2. The third-order valence-electron chi connectivity index (χ3n) is 5.08. The fourth-order valence-electron chi connectivity index (χ4n) is 3.63. The maximum Gasteiger partial charge on any atom is 0.321 e. The average Bonchev–Trinajstić information content (AvgIpc) is 2.81. The van der Waals surface area contributed by atoms with E-state index in [1.165, 1.54) is 0 Å². The van der Waals surface area contributed by atoms with Crippen molar-refractivity contribution in [3.05, 3.63) is 29.8 Å². The number of nitrogens with zero attached hydrogens (tertiary/aromatic N) is 2. The van der Waals surface area contributed by atoms with Crippen molar-refractivity contribution in [1.82, 2.24) is 9.80 Å². The van der Waals surface area contributed by atoms with Crippen LogP contribution in [0.1, 0.15) is 38.2 Å². The molecule has 3 amide bonds. The van der Waals surface area contributed by atoms with E-state index < -0.39 is 0 Å². The van der Waals surface area contributed by atoms with E-state index in [2.05, 4.69) is 19.2 Å². The number of anilines is 1. The SMILES string of the molecule is CC(C)c1ccccc1NC(=O)N1C[C@H]2CC[C@@H](C1)N(C)C2=O. The Hall–Kier alpha value is -2.04. The number of likely N-dealkylation sites (N-methyl/N-ethyl adjacent to an activating group) is 1. The number of benzene rings is 1. The Morgan fingerprint density at radius 1 is 1.22 bits per heavy atom. The molecular weight excluding hydrogens is 290 g/mol. The van der Waals surface area contributed by atoms with Gasteiger partial charge in [-0.05, 0) is 30.4 Å². The standard InChI is InChI=1S/C18H25N3O2/c1-12(2)15-6-4-5-7-16(15)19-18(23)21-10-13-8-9-14(11-21)20(3)17(13)22/h4-7,12-14H,8-11H2,1-3H3,(H,19,23)/t13-,14+/m1/s1. The van der Waals surface area contributed by atoms with E-state index in [4.69, 9.17) is 0 Å². The molecule has 3 aliphatic rings. The predicted octanol–water partition coefficient (Wildman–Crippen LogP) is 2.89. The lowest BCUT2D eigenvalue weighted by Gasteiger charge is -2.32. The number of fused-ring (bicyclic) bond motifs is 4. The van der Waals surface area contributed by atoms with Crippen molar-refractivity contribution in [2.24, 2.45) is 5.92 Å². The Balaban J connectivity index is 1.76. The highest BCUT2D eigenvalue weighted by Crippen LogP contribution is 2.29. The van der Waals surface area contributed by atoms with Crippen LogP contribution in [-0.4, -0.2) is 47.9 Å². The third kappa shape index (κ3) is 3.05. The zero-order valence-corrected chi connectivity index (χ0v) is 14.1. The van der Waals surface area contributed by atoms with Crippen molar-refractivity contribution in [3.8, 4) is 0 Å². The number of urea groups is 1. The van der Waals surface area contributed by atoms with Crippen LogP contribution in [0.5, 0.6) is 0 Å². The van der Waals surface area contributed by atoms with Crippen LogP contribution in [0, 0.1) is 5.92 Å². The molecule has 1 aromatic rings. The van der Waals surface area contributed by atoms with Crippen molar-refractivity contribution < 1.29 is 9.59 Å². The van der Waals surface area contributed by atoms with Crippen LogP contribution in [0.25, 0.3) is 0 Å². The maximum atomic E-state index is 12.7. The highest BCUT2D eigenvalue weighted by atomic mass is 16.2. The van der Waals surface area contributed by atoms with Gasteiger partial charge in [-0.2, -0.15) is 0 Å². The fourth-order valence-corrected chi connectivity index (χ4v) is 3.63. The molecule has 3 saturated heterocycles. The number of carbonyl (C=O) groups excluding carboxylic acids is 2. The van der Waals surface area contributed by atoms with Crippen LogP contribution in [-0.2, 0) is 4.79 Å². The predicted molar refractivity (Wildman–Crippen MR) is 90.4 cm³/mol. The molecule has 4 rings (SSSR count). The first-order chi connectivity index (χ1) is 11.0. The van der Waals surface area contributed by atoms with Gasteiger partial charge < -0.3 is 15.1 Å². The van der Waals surface area contributed by atoms with Crippen LogP contribution >= 0.6 is 0 Å². The summed E-state index contributed by atoms with van der Waals surface area (Å²) in [5.41, 5.74) is 2.00. The number of para-hydroxylation sites is 1. The number of hydrogen-bond acceptors (Lipinski definition) is 2. The summed E-state index contributed by atoms with van der Waals surface area (Å²) in [7, 11) is 1.86. The minimum absolute atomic E-state index is 0.0511. The van der Waals surface area contributed by atoms with E-state index in [1.807, 2.05) is 36.2 Å². The summed E-state index contributed by atoms with van der Waals surface area (Å²) in [6.45, 7) is 5.37. The van der Waals surface area contributed by atoms with E-state index in [9.17, 15) is 9.59 Å². The van der Waals surface area contributed by atoms with Gasteiger partial charge in [-0.3, -0.25) is 4.79 Å². The zero-order chi connectivity index (χ0) is 16.6. The molecule has 2 bridgehead atoms. The molecule has 0 saturated carbocycles. The van der Waals surface area contributed by atoms with Crippen molar-refractivity contribution >= 4 is 17.6 Å². The van der Waals surface area contributed by atoms with Gasteiger partial charge in [0.15, 0.2) is 0 Å². The lowest BCUT2D eigenvalue weighted by atomic mass is 9.95. The number of amides is 3. The van der Waals surface area contributed by atoms with Gasteiger partial charge in [0.1, 0.15) is 0 Å². The second-order valence-corrected chi connectivity index (χ2v) is 6.95. The molecule has 23 heavy (non-hydrogen) atoms. The molecule has 3 aliphatic heterocycles. The number of nitrogens with one attached hydrogen (secondary N) is 1. The molecule has 0 unspecified atom stereocenters.